The first-order chi connectivity index (χ1) is 12.3. The van der Waals surface area contributed by atoms with Crippen molar-refractivity contribution in [2.24, 2.45) is 0 Å². The van der Waals surface area contributed by atoms with Crippen LogP contribution in [0.25, 0.3) is 10.9 Å². The molecule has 0 unspecified atom stereocenters. The maximum atomic E-state index is 14.3. The highest BCUT2D eigenvalue weighted by atomic mass is 127. The predicted octanol–water partition coefficient (Wildman–Crippen LogP) is 2.69. The van der Waals surface area contributed by atoms with Gasteiger partial charge in [-0.2, -0.15) is 0 Å². The van der Waals surface area contributed by atoms with Gasteiger partial charge in [-0.1, -0.05) is 23.7 Å². The molecule has 0 bridgehead atoms. The van der Waals surface area contributed by atoms with E-state index in [1.54, 1.807) is 12.1 Å². The standard InChI is InChI=1S/C17H11ClFIN2O4/c18-10-4-5-11-13(6-10)21(8-14(23)24)17(26)22(16(11)25)7-9-2-1-3-12(20)15(9)19/h1-6H,7-8H2,(H,23,24). The van der Waals surface area contributed by atoms with Crippen LogP contribution >= 0.6 is 34.2 Å². The van der Waals surface area contributed by atoms with E-state index in [-0.39, 0.29) is 28.0 Å². The number of carboxylic acids is 1. The average molecular weight is 489 g/mol. The third kappa shape index (κ3) is 3.38. The molecule has 26 heavy (non-hydrogen) atoms. The molecule has 134 valence electrons. The number of rotatable bonds is 4. The number of benzene rings is 2. The molecule has 3 rings (SSSR count). The van der Waals surface area contributed by atoms with Crippen LogP contribution < -0.4 is 11.2 Å². The monoisotopic (exact) mass is 488 g/mol. The molecule has 2 aromatic carbocycles. The van der Waals surface area contributed by atoms with Crippen LogP contribution in [0.15, 0.2) is 46.0 Å². The van der Waals surface area contributed by atoms with Gasteiger partial charge in [0.15, 0.2) is 0 Å². The molecule has 3 aromatic rings. The van der Waals surface area contributed by atoms with Crippen molar-refractivity contribution in [2.75, 3.05) is 0 Å². The highest BCUT2D eigenvalue weighted by Crippen LogP contribution is 2.17. The molecule has 6 nitrogen and oxygen atoms in total. The zero-order valence-electron chi connectivity index (χ0n) is 13.1. The van der Waals surface area contributed by atoms with E-state index in [1.165, 1.54) is 24.3 Å². The summed E-state index contributed by atoms with van der Waals surface area (Å²) in [6, 6.07) is 8.89. The SMILES string of the molecule is O=C(O)Cn1c(=O)n(Cc2cccc(I)c2F)c(=O)c2ccc(Cl)cc21. The number of carboxylic acid groups (broad SMARTS) is 1. The minimum Gasteiger partial charge on any atom is -0.480 e. The number of aliphatic carboxylic acids is 1. The number of fused-ring (bicyclic) bond motifs is 1. The Hall–Kier alpha value is -2.20. The maximum Gasteiger partial charge on any atom is 0.332 e. The Morgan fingerprint density at radius 2 is 1.92 bits per heavy atom. The van der Waals surface area contributed by atoms with Crippen LogP contribution in [0.4, 0.5) is 4.39 Å². The van der Waals surface area contributed by atoms with Gasteiger partial charge in [-0.05, 0) is 46.9 Å². The maximum absolute atomic E-state index is 14.3. The van der Waals surface area contributed by atoms with Crippen LogP contribution in [0.3, 0.4) is 0 Å². The topological polar surface area (TPSA) is 81.3 Å². The van der Waals surface area contributed by atoms with Crippen LogP contribution in [-0.4, -0.2) is 20.2 Å². The molecule has 0 fully saturated rings. The van der Waals surface area contributed by atoms with Crippen molar-refractivity contribution >= 4 is 51.1 Å². The van der Waals surface area contributed by atoms with Crippen LogP contribution in [0, 0.1) is 9.39 Å². The molecule has 9 heteroatoms. The second-order valence-corrected chi connectivity index (χ2v) is 7.13. The molecule has 1 N–H and O–H groups in total. The lowest BCUT2D eigenvalue weighted by Crippen LogP contribution is -2.41. The van der Waals surface area contributed by atoms with Gasteiger partial charge in [0, 0.05) is 14.2 Å². The highest BCUT2D eigenvalue weighted by Gasteiger charge is 2.17. The van der Waals surface area contributed by atoms with Crippen molar-refractivity contribution < 1.29 is 14.3 Å². The number of carbonyl (C=O) groups is 1. The highest BCUT2D eigenvalue weighted by molar-refractivity contribution is 14.1. The van der Waals surface area contributed by atoms with E-state index in [9.17, 15) is 18.8 Å². The Morgan fingerprint density at radius 1 is 1.19 bits per heavy atom. The molecule has 0 spiro atoms. The molecular formula is C17H11ClFIN2O4. The van der Waals surface area contributed by atoms with Gasteiger partial charge in [-0.15, -0.1) is 0 Å². The number of hydrogen-bond acceptors (Lipinski definition) is 3. The van der Waals surface area contributed by atoms with Crippen LogP contribution in [-0.2, 0) is 17.9 Å². The third-order valence-corrected chi connectivity index (χ3v) is 4.91. The Bertz CT molecular complexity index is 1160. The molecular weight excluding hydrogens is 478 g/mol. The normalized spacial score (nSPS) is 11.0. The molecule has 0 aliphatic rings. The Morgan fingerprint density at radius 3 is 2.62 bits per heavy atom. The lowest BCUT2D eigenvalue weighted by molar-refractivity contribution is -0.137. The van der Waals surface area contributed by atoms with Crippen molar-refractivity contribution in [3.8, 4) is 0 Å². The van der Waals surface area contributed by atoms with Crippen molar-refractivity contribution in [1.29, 1.82) is 0 Å². The van der Waals surface area contributed by atoms with E-state index in [0.717, 1.165) is 9.13 Å². The van der Waals surface area contributed by atoms with Gasteiger partial charge >= 0.3 is 11.7 Å². The lowest BCUT2D eigenvalue weighted by Gasteiger charge is -2.13. The fraction of sp³-hybridized carbons (Fsp3) is 0.118. The van der Waals surface area contributed by atoms with E-state index in [1.807, 2.05) is 22.6 Å². The summed E-state index contributed by atoms with van der Waals surface area (Å²) in [4.78, 5) is 36.6. The molecule has 0 saturated carbocycles. The molecule has 0 radical (unpaired) electrons. The minimum absolute atomic E-state index is 0.120. The number of aromatic nitrogens is 2. The lowest BCUT2D eigenvalue weighted by atomic mass is 10.2. The first-order valence-corrected chi connectivity index (χ1v) is 8.83. The second kappa shape index (κ2) is 7.20. The second-order valence-electron chi connectivity index (χ2n) is 5.53. The number of halogens is 3. The molecule has 0 aliphatic carbocycles. The Kier molecular flexibility index (Phi) is 5.15. The van der Waals surface area contributed by atoms with Crippen molar-refractivity contribution in [1.82, 2.24) is 9.13 Å². The van der Waals surface area contributed by atoms with Gasteiger partial charge in [-0.3, -0.25) is 18.7 Å². The van der Waals surface area contributed by atoms with E-state index in [2.05, 4.69) is 0 Å². The molecule has 1 heterocycles. The van der Waals surface area contributed by atoms with Crippen molar-refractivity contribution in [3.63, 3.8) is 0 Å². The van der Waals surface area contributed by atoms with E-state index >= 15 is 0 Å². The molecule has 0 aliphatic heterocycles. The van der Waals surface area contributed by atoms with Gasteiger partial charge in [0.1, 0.15) is 12.4 Å². The zero-order valence-corrected chi connectivity index (χ0v) is 16.0. The summed E-state index contributed by atoms with van der Waals surface area (Å²) in [5.41, 5.74) is -1.20. The van der Waals surface area contributed by atoms with E-state index < -0.39 is 29.6 Å². The summed E-state index contributed by atoms with van der Waals surface area (Å²) in [5.74, 6) is -1.78. The van der Waals surface area contributed by atoms with Gasteiger partial charge in [0.2, 0.25) is 0 Å². The number of nitrogens with zero attached hydrogens (tertiary/aromatic N) is 2. The third-order valence-electron chi connectivity index (χ3n) is 3.84. The smallest absolute Gasteiger partial charge is 0.332 e. The first kappa shape index (κ1) is 18.6. The Balaban J connectivity index is 2.30. The summed E-state index contributed by atoms with van der Waals surface area (Å²) < 4.78 is 16.4. The van der Waals surface area contributed by atoms with Gasteiger partial charge < -0.3 is 5.11 Å². The minimum atomic E-state index is -1.25. The fourth-order valence-electron chi connectivity index (χ4n) is 2.66. The summed E-state index contributed by atoms with van der Waals surface area (Å²) in [6.45, 7) is -0.955. The molecule has 0 saturated heterocycles. The molecule has 0 atom stereocenters. The van der Waals surface area contributed by atoms with Gasteiger partial charge in [0.05, 0.1) is 17.4 Å². The summed E-state index contributed by atoms with van der Waals surface area (Å²) >= 11 is 7.73. The van der Waals surface area contributed by atoms with Crippen LogP contribution in [0.2, 0.25) is 5.02 Å². The van der Waals surface area contributed by atoms with E-state index in [0.29, 0.717) is 3.57 Å². The predicted molar refractivity (Wildman–Crippen MR) is 103 cm³/mol. The van der Waals surface area contributed by atoms with Gasteiger partial charge in [0.25, 0.3) is 5.56 Å². The summed E-state index contributed by atoms with van der Waals surface area (Å²) in [6.07, 6.45) is 0. The quantitative estimate of drug-likeness (QED) is 0.573. The fourth-order valence-corrected chi connectivity index (χ4v) is 3.38. The van der Waals surface area contributed by atoms with Crippen LogP contribution in [0.5, 0.6) is 0 Å². The number of hydrogen-bond donors (Lipinski definition) is 1. The zero-order chi connectivity index (χ0) is 19.0. The molecule has 0 amide bonds. The van der Waals surface area contributed by atoms with E-state index in [4.69, 9.17) is 16.7 Å². The van der Waals surface area contributed by atoms with Crippen LogP contribution in [0.1, 0.15) is 5.56 Å². The van der Waals surface area contributed by atoms with Gasteiger partial charge in [-0.25, -0.2) is 9.18 Å². The van der Waals surface area contributed by atoms with Crippen molar-refractivity contribution in [2.45, 2.75) is 13.1 Å². The van der Waals surface area contributed by atoms with Crippen molar-refractivity contribution in [3.05, 3.63) is 77.2 Å². The summed E-state index contributed by atoms with van der Waals surface area (Å²) in [7, 11) is 0. The molecule has 1 aromatic heterocycles. The Labute approximate surface area is 164 Å². The largest absolute Gasteiger partial charge is 0.480 e. The summed E-state index contributed by atoms with van der Waals surface area (Å²) in [5, 5.41) is 9.50. The first-order valence-electron chi connectivity index (χ1n) is 7.37. The average Bonchev–Trinajstić information content (AvgIpc) is 2.58.